The number of amides is 3. The van der Waals surface area contributed by atoms with Crippen molar-refractivity contribution >= 4 is 23.9 Å². The number of carboxylic acid groups (broad SMARTS) is 1. The Bertz CT molecular complexity index is 1030. The van der Waals surface area contributed by atoms with Gasteiger partial charge in [-0.2, -0.15) is 0 Å². The van der Waals surface area contributed by atoms with Gasteiger partial charge in [-0.3, -0.25) is 9.69 Å². The first-order chi connectivity index (χ1) is 17.4. The van der Waals surface area contributed by atoms with Crippen molar-refractivity contribution in [3.05, 3.63) is 29.8 Å². The number of ether oxygens (including phenoxy) is 2. The number of hydrogen-bond acceptors (Lipinski definition) is 7. The third kappa shape index (κ3) is 6.41. The molecule has 1 aromatic rings. The zero-order chi connectivity index (χ0) is 26.9. The Morgan fingerprint density at radius 2 is 1.76 bits per heavy atom. The van der Waals surface area contributed by atoms with Crippen molar-refractivity contribution in [1.29, 1.82) is 0 Å². The number of benzene rings is 1. The summed E-state index contributed by atoms with van der Waals surface area (Å²) in [7, 11) is 0. The third-order valence-electron chi connectivity index (χ3n) is 7.09. The van der Waals surface area contributed by atoms with Crippen LogP contribution in [0.4, 0.5) is 9.59 Å². The van der Waals surface area contributed by atoms with Gasteiger partial charge in [0.25, 0.3) is 0 Å². The molecule has 0 spiro atoms. The summed E-state index contributed by atoms with van der Waals surface area (Å²) in [6.07, 6.45) is 2.62. The van der Waals surface area contributed by atoms with Crippen LogP contribution in [0.3, 0.4) is 0 Å². The van der Waals surface area contributed by atoms with Gasteiger partial charge in [-0.1, -0.05) is 0 Å². The van der Waals surface area contributed by atoms with Crippen molar-refractivity contribution < 1.29 is 33.8 Å². The van der Waals surface area contributed by atoms with Crippen LogP contribution in [-0.2, 0) is 9.53 Å². The molecular weight excluding hydrogens is 478 g/mol. The Labute approximate surface area is 217 Å². The first kappa shape index (κ1) is 26.9. The van der Waals surface area contributed by atoms with Crippen molar-refractivity contribution in [2.24, 2.45) is 5.92 Å². The first-order valence-corrected chi connectivity index (χ1v) is 13.0. The van der Waals surface area contributed by atoms with E-state index in [1.165, 1.54) is 6.92 Å². The van der Waals surface area contributed by atoms with Gasteiger partial charge in [0.15, 0.2) is 5.78 Å². The lowest BCUT2D eigenvalue weighted by Crippen LogP contribution is -2.58. The topological polar surface area (TPSA) is 117 Å². The van der Waals surface area contributed by atoms with Crippen LogP contribution in [0.15, 0.2) is 24.3 Å². The number of piperazine rings is 1. The number of ketones is 1. The fourth-order valence-corrected chi connectivity index (χ4v) is 4.97. The maximum atomic E-state index is 13.3. The van der Waals surface area contributed by atoms with E-state index in [0.717, 1.165) is 48.4 Å². The standard InChI is InChI=1S/C27H37N3O7/c1-17(24(32)33)30(26(35)37-27(2,3)4)25(34)29-16-20-14-21(29)15-28(20)12-5-13-36-22-10-8-19(9-11-22)23(31)18-6-7-18/h8-11,17-18,20-21H,5-7,12-16H2,1-4H3,(H,32,33)/t17-,20-,21-/m0/s1. The summed E-state index contributed by atoms with van der Waals surface area (Å²) in [5.41, 5.74) is -0.114. The van der Waals surface area contributed by atoms with Gasteiger partial charge in [0, 0.05) is 43.2 Å². The fourth-order valence-electron chi connectivity index (χ4n) is 4.97. The van der Waals surface area contributed by atoms with Crippen LogP contribution in [0, 0.1) is 5.92 Å². The second-order valence-electron chi connectivity index (χ2n) is 11.2. The van der Waals surface area contributed by atoms with Gasteiger partial charge in [-0.15, -0.1) is 0 Å². The van der Waals surface area contributed by atoms with Gasteiger partial charge in [0.05, 0.1) is 6.61 Å². The number of carbonyl (C=O) groups is 4. The summed E-state index contributed by atoms with van der Waals surface area (Å²) >= 11 is 0. The molecular formula is C27H37N3O7. The fraction of sp³-hybridized carbons (Fsp3) is 0.630. The van der Waals surface area contributed by atoms with Crippen LogP contribution in [-0.4, -0.2) is 93.7 Å². The summed E-state index contributed by atoms with van der Waals surface area (Å²) < 4.78 is 11.2. The van der Waals surface area contributed by atoms with E-state index in [1.807, 2.05) is 24.3 Å². The number of aliphatic carboxylic acids is 1. The van der Waals surface area contributed by atoms with E-state index in [-0.39, 0.29) is 23.8 Å². The molecule has 3 fully saturated rings. The molecule has 3 amide bonds. The van der Waals surface area contributed by atoms with Crippen molar-refractivity contribution in [3.63, 3.8) is 0 Å². The first-order valence-electron chi connectivity index (χ1n) is 13.0. The predicted molar refractivity (Wildman–Crippen MR) is 135 cm³/mol. The summed E-state index contributed by atoms with van der Waals surface area (Å²) in [4.78, 5) is 54.3. The molecule has 1 aromatic carbocycles. The number of hydrogen-bond donors (Lipinski definition) is 1. The molecule has 37 heavy (non-hydrogen) atoms. The maximum absolute atomic E-state index is 13.3. The van der Waals surface area contributed by atoms with Gasteiger partial charge in [0.1, 0.15) is 17.4 Å². The van der Waals surface area contributed by atoms with Crippen LogP contribution < -0.4 is 4.74 Å². The molecule has 3 atom stereocenters. The number of rotatable bonds is 9. The molecule has 1 N–H and O–H groups in total. The normalized spacial score (nSPS) is 22.0. The van der Waals surface area contributed by atoms with Crippen molar-refractivity contribution in [2.75, 3.05) is 26.2 Å². The average Bonchev–Trinajstić information content (AvgIpc) is 3.49. The molecule has 0 aromatic heterocycles. The number of carboxylic acids is 1. The molecule has 3 aliphatic rings. The molecule has 2 heterocycles. The van der Waals surface area contributed by atoms with E-state index >= 15 is 0 Å². The lowest BCUT2D eigenvalue weighted by molar-refractivity contribution is -0.141. The highest BCUT2D eigenvalue weighted by molar-refractivity contribution is 5.99. The van der Waals surface area contributed by atoms with Crippen LogP contribution in [0.25, 0.3) is 0 Å². The van der Waals surface area contributed by atoms with Gasteiger partial charge >= 0.3 is 18.1 Å². The van der Waals surface area contributed by atoms with Gasteiger partial charge in [0.2, 0.25) is 0 Å². The highest BCUT2D eigenvalue weighted by atomic mass is 16.6. The number of carbonyl (C=O) groups excluding carboxylic acids is 3. The zero-order valence-corrected chi connectivity index (χ0v) is 22.0. The molecule has 2 saturated heterocycles. The molecule has 10 heteroatoms. The molecule has 0 unspecified atom stereocenters. The lowest BCUT2D eigenvalue weighted by Gasteiger charge is -2.37. The van der Waals surface area contributed by atoms with E-state index < -0.39 is 29.7 Å². The highest BCUT2D eigenvalue weighted by Crippen LogP contribution is 2.33. The molecule has 0 radical (unpaired) electrons. The molecule has 1 aliphatic carbocycles. The van der Waals surface area contributed by atoms with Gasteiger partial charge in [-0.25, -0.2) is 19.3 Å². The van der Waals surface area contributed by atoms with Crippen molar-refractivity contribution in [2.45, 2.75) is 77.1 Å². The molecule has 2 bridgehead atoms. The molecule has 10 nitrogen and oxygen atoms in total. The van der Waals surface area contributed by atoms with Crippen LogP contribution in [0.2, 0.25) is 0 Å². The van der Waals surface area contributed by atoms with E-state index in [0.29, 0.717) is 19.7 Å². The van der Waals surface area contributed by atoms with E-state index in [9.17, 15) is 24.3 Å². The molecule has 4 rings (SSSR count). The minimum atomic E-state index is -1.34. The Morgan fingerprint density at radius 3 is 2.30 bits per heavy atom. The van der Waals surface area contributed by atoms with Crippen LogP contribution in [0.5, 0.6) is 5.75 Å². The minimum Gasteiger partial charge on any atom is -0.494 e. The average molecular weight is 516 g/mol. The highest BCUT2D eigenvalue weighted by Gasteiger charge is 2.48. The predicted octanol–water partition coefficient (Wildman–Crippen LogP) is 3.64. The summed E-state index contributed by atoms with van der Waals surface area (Å²) in [5.74, 6) is -0.110. The summed E-state index contributed by atoms with van der Waals surface area (Å²) in [6, 6.07) is 5.44. The minimum absolute atomic E-state index is 0.0825. The number of urea groups is 1. The summed E-state index contributed by atoms with van der Waals surface area (Å²) in [5, 5.41) is 9.48. The SMILES string of the molecule is C[C@@H](C(=O)O)N(C(=O)OC(C)(C)C)C(=O)N1C[C@@H]2C[C@H]1CN2CCCOc1ccc(C(=O)C2CC2)cc1. The lowest BCUT2D eigenvalue weighted by atomic mass is 10.1. The molecule has 1 saturated carbocycles. The number of imide groups is 1. The number of likely N-dealkylation sites (tertiary alicyclic amines) is 2. The molecule has 202 valence electrons. The Balaban J connectivity index is 1.25. The monoisotopic (exact) mass is 515 g/mol. The van der Waals surface area contributed by atoms with E-state index in [2.05, 4.69) is 4.90 Å². The van der Waals surface area contributed by atoms with Crippen LogP contribution >= 0.6 is 0 Å². The number of Topliss-reactive ketones (excluding diaryl/α,β-unsaturated/α-hetero) is 1. The van der Waals surface area contributed by atoms with Crippen molar-refractivity contribution in [3.8, 4) is 5.75 Å². The smallest absolute Gasteiger partial charge is 0.419 e. The van der Waals surface area contributed by atoms with Crippen molar-refractivity contribution in [1.82, 2.24) is 14.7 Å². The number of nitrogens with zero attached hydrogens (tertiary/aromatic N) is 3. The van der Waals surface area contributed by atoms with E-state index in [4.69, 9.17) is 9.47 Å². The largest absolute Gasteiger partial charge is 0.494 e. The van der Waals surface area contributed by atoms with Gasteiger partial charge < -0.3 is 19.5 Å². The van der Waals surface area contributed by atoms with Crippen LogP contribution in [0.1, 0.15) is 63.7 Å². The Hall–Kier alpha value is -3.14. The second kappa shape index (κ2) is 10.7. The second-order valence-corrected chi connectivity index (χ2v) is 11.2. The van der Waals surface area contributed by atoms with E-state index in [1.54, 1.807) is 25.7 Å². The number of fused-ring (bicyclic) bond motifs is 2. The molecule has 2 aliphatic heterocycles. The zero-order valence-electron chi connectivity index (χ0n) is 22.0. The van der Waals surface area contributed by atoms with Gasteiger partial charge in [-0.05, 0) is 77.6 Å². The maximum Gasteiger partial charge on any atom is 0.419 e. The Morgan fingerprint density at radius 1 is 1.08 bits per heavy atom. The quantitative estimate of drug-likeness (QED) is 0.391. The summed E-state index contributed by atoms with van der Waals surface area (Å²) in [6.45, 7) is 8.77. The third-order valence-corrected chi connectivity index (χ3v) is 7.09. The Kier molecular flexibility index (Phi) is 7.77.